The minimum absolute atomic E-state index is 0.281. The highest BCUT2D eigenvalue weighted by Crippen LogP contribution is 2.34. The van der Waals surface area contributed by atoms with E-state index in [4.69, 9.17) is 9.97 Å². The predicted octanol–water partition coefficient (Wildman–Crippen LogP) is 4.63. The molecule has 28 heavy (non-hydrogen) atoms. The molecular weight excluding hydrogens is 416 g/mol. The molecule has 0 atom stereocenters. The summed E-state index contributed by atoms with van der Waals surface area (Å²) in [5.74, 6) is 2.23. The molecule has 148 valence electrons. The van der Waals surface area contributed by atoms with Crippen molar-refractivity contribution >= 4 is 32.8 Å². The zero-order valence-electron chi connectivity index (χ0n) is 17.0. The number of halogens is 1. The molecule has 3 aromatic rings. The first-order chi connectivity index (χ1) is 13.4. The van der Waals surface area contributed by atoms with E-state index >= 15 is 0 Å². The van der Waals surface area contributed by atoms with Crippen LogP contribution in [0.2, 0.25) is 0 Å². The molecule has 3 heterocycles. The van der Waals surface area contributed by atoms with Gasteiger partial charge in [-0.3, -0.25) is 0 Å². The molecule has 1 N–H and O–H groups in total. The molecule has 1 aromatic carbocycles. The van der Waals surface area contributed by atoms with Crippen LogP contribution in [0.15, 0.2) is 22.8 Å². The molecular formula is C22H27BrN4O. The van der Waals surface area contributed by atoms with Crippen molar-refractivity contribution in [3.05, 3.63) is 45.3 Å². The first kappa shape index (κ1) is 19.4. The molecule has 0 bridgehead atoms. The largest absolute Gasteiger partial charge is 0.396 e. The Labute approximate surface area is 174 Å². The van der Waals surface area contributed by atoms with Crippen LogP contribution in [-0.2, 0) is 0 Å². The van der Waals surface area contributed by atoms with Gasteiger partial charge in [-0.2, -0.15) is 0 Å². The standard InChI is InChI=1S/C22H27BrN4O/c1-13-9-18(23)10-14(2)20(13)27-11-15(3)19-21(24-16(4)25-22(19)27)26-7-5-17(12-28)6-8-26/h9-11,17,28H,5-8,12H2,1-4H3. The summed E-state index contributed by atoms with van der Waals surface area (Å²) in [6.45, 7) is 10.5. The van der Waals surface area contributed by atoms with Gasteiger partial charge in [-0.1, -0.05) is 15.9 Å². The van der Waals surface area contributed by atoms with E-state index in [9.17, 15) is 5.11 Å². The molecule has 0 unspecified atom stereocenters. The number of benzene rings is 1. The quantitative estimate of drug-likeness (QED) is 0.642. The van der Waals surface area contributed by atoms with Gasteiger partial charge >= 0.3 is 0 Å². The van der Waals surface area contributed by atoms with Gasteiger partial charge in [-0.15, -0.1) is 0 Å². The van der Waals surface area contributed by atoms with E-state index in [1.54, 1.807) is 0 Å². The average Bonchev–Trinajstić information content (AvgIpc) is 2.96. The molecule has 0 radical (unpaired) electrons. The lowest BCUT2D eigenvalue weighted by Gasteiger charge is -2.32. The van der Waals surface area contributed by atoms with E-state index in [0.717, 1.165) is 53.1 Å². The Balaban J connectivity index is 1.88. The monoisotopic (exact) mass is 442 g/mol. The molecule has 1 fully saturated rings. The Kier molecular flexibility index (Phi) is 5.19. The lowest BCUT2D eigenvalue weighted by Crippen LogP contribution is -2.35. The van der Waals surface area contributed by atoms with Crippen LogP contribution in [-0.4, -0.2) is 39.3 Å². The molecule has 2 aromatic heterocycles. The summed E-state index contributed by atoms with van der Waals surface area (Å²) >= 11 is 3.60. The van der Waals surface area contributed by atoms with E-state index in [1.807, 2.05) is 6.92 Å². The summed E-state index contributed by atoms with van der Waals surface area (Å²) in [4.78, 5) is 12.0. The number of fused-ring (bicyclic) bond motifs is 1. The third-order valence-electron chi connectivity index (χ3n) is 5.80. The summed E-state index contributed by atoms with van der Waals surface area (Å²) in [7, 11) is 0. The van der Waals surface area contributed by atoms with Crippen LogP contribution >= 0.6 is 15.9 Å². The molecule has 4 rings (SSSR count). The second-order valence-corrected chi connectivity index (χ2v) is 8.89. The minimum Gasteiger partial charge on any atom is -0.396 e. The molecule has 6 heteroatoms. The van der Waals surface area contributed by atoms with Gasteiger partial charge in [0, 0.05) is 30.4 Å². The van der Waals surface area contributed by atoms with E-state index in [0.29, 0.717) is 5.92 Å². The Morgan fingerprint density at radius 1 is 1.04 bits per heavy atom. The van der Waals surface area contributed by atoms with Crippen LogP contribution in [0.1, 0.15) is 35.4 Å². The summed E-state index contributed by atoms with van der Waals surface area (Å²) in [6, 6.07) is 4.30. The number of piperidine rings is 1. The Morgan fingerprint density at radius 2 is 1.68 bits per heavy atom. The van der Waals surface area contributed by atoms with Gasteiger partial charge in [0.1, 0.15) is 11.6 Å². The van der Waals surface area contributed by atoms with Crippen LogP contribution in [0, 0.1) is 33.6 Å². The molecule has 0 spiro atoms. The normalized spacial score (nSPS) is 15.6. The maximum Gasteiger partial charge on any atom is 0.150 e. The maximum absolute atomic E-state index is 9.46. The van der Waals surface area contributed by atoms with Crippen LogP contribution < -0.4 is 4.90 Å². The number of hydrogen-bond donors (Lipinski definition) is 1. The molecule has 0 amide bonds. The summed E-state index contributed by atoms with van der Waals surface area (Å²) in [6.07, 6.45) is 4.20. The van der Waals surface area contributed by atoms with Gasteiger partial charge in [0.15, 0.2) is 5.65 Å². The summed E-state index contributed by atoms with van der Waals surface area (Å²) < 4.78 is 3.32. The number of aryl methyl sites for hydroxylation is 4. The number of rotatable bonds is 3. The average molecular weight is 443 g/mol. The zero-order chi connectivity index (χ0) is 20.0. The van der Waals surface area contributed by atoms with Gasteiger partial charge in [0.2, 0.25) is 0 Å². The number of nitrogens with zero attached hydrogens (tertiary/aromatic N) is 4. The zero-order valence-corrected chi connectivity index (χ0v) is 18.5. The molecule has 0 aliphatic carbocycles. The Bertz CT molecular complexity index is 1010. The lowest BCUT2D eigenvalue weighted by molar-refractivity contribution is 0.203. The van der Waals surface area contributed by atoms with Crippen molar-refractivity contribution in [2.45, 2.75) is 40.5 Å². The van der Waals surface area contributed by atoms with E-state index in [1.165, 1.54) is 22.4 Å². The van der Waals surface area contributed by atoms with Gasteiger partial charge in [0.05, 0.1) is 11.1 Å². The smallest absolute Gasteiger partial charge is 0.150 e. The molecule has 1 saturated heterocycles. The second kappa shape index (κ2) is 7.48. The minimum atomic E-state index is 0.281. The topological polar surface area (TPSA) is 54.2 Å². The highest BCUT2D eigenvalue weighted by molar-refractivity contribution is 9.10. The van der Waals surface area contributed by atoms with Crippen LogP contribution in [0.3, 0.4) is 0 Å². The second-order valence-electron chi connectivity index (χ2n) is 7.98. The third kappa shape index (κ3) is 3.33. The number of aliphatic hydroxyl groups is 1. The van der Waals surface area contributed by atoms with Crippen molar-refractivity contribution in [1.82, 2.24) is 14.5 Å². The van der Waals surface area contributed by atoms with Crippen molar-refractivity contribution < 1.29 is 5.11 Å². The fourth-order valence-electron chi connectivity index (χ4n) is 4.40. The maximum atomic E-state index is 9.46. The summed E-state index contributed by atoms with van der Waals surface area (Å²) in [5.41, 5.74) is 5.77. The molecule has 0 saturated carbocycles. The molecule has 5 nitrogen and oxygen atoms in total. The number of anilines is 1. The highest BCUT2D eigenvalue weighted by atomic mass is 79.9. The first-order valence-electron chi connectivity index (χ1n) is 9.88. The van der Waals surface area contributed by atoms with Gasteiger partial charge < -0.3 is 14.6 Å². The van der Waals surface area contributed by atoms with E-state index in [-0.39, 0.29) is 6.61 Å². The Morgan fingerprint density at radius 3 is 2.29 bits per heavy atom. The highest BCUT2D eigenvalue weighted by Gasteiger charge is 2.24. The van der Waals surface area contributed by atoms with Gasteiger partial charge in [-0.25, -0.2) is 9.97 Å². The molecule has 1 aliphatic heterocycles. The van der Waals surface area contributed by atoms with Gasteiger partial charge in [0.25, 0.3) is 0 Å². The molecule has 1 aliphatic rings. The third-order valence-corrected chi connectivity index (χ3v) is 6.25. The van der Waals surface area contributed by atoms with Crippen LogP contribution in [0.25, 0.3) is 16.7 Å². The van der Waals surface area contributed by atoms with E-state index in [2.05, 4.69) is 64.5 Å². The summed E-state index contributed by atoms with van der Waals surface area (Å²) in [5, 5.41) is 10.6. The van der Waals surface area contributed by atoms with Crippen molar-refractivity contribution in [3.8, 4) is 5.69 Å². The van der Waals surface area contributed by atoms with Crippen molar-refractivity contribution in [2.24, 2.45) is 5.92 Å². The fraction of sp³-hybridized carbons (Fsp3) is 0.455. The fourth-order valence-corrected chi connectivity index (χ4v) is 5.09. The number of aromatic nitrogens is 3. The Hall–Kier alpha value is -1.92. The lowest BCUT2D eigenvalue weighted by atomic mass is 9.98. The predicted molar refractivity (Wildman–Crippen MR) is 118 cm³/mol. The first-order valence-corrected chi connectivity index (χ1v) is 10.7. The van der Waals surface area contributed by atoms with Crippen molar-refractivity contribution in [3.63, 3.8) is 0 Å². The van der Waals surface area contributed by atoms with Crippen molar-refractivity contribution in [1.29, 1.82) is 0 Å². The van der Waals surface area contributed by atoms with E-state index < -0.39 is 0 Å². The van der Waals surface area contributed by atoms with Gasteiger partial charge in [-0.05, 0) is 75.3 Å². The van der Waals surface area contributed by atoms with Crippen LogP contribution in [0.5, 0.6) is 0 Å². The number of aliphatic hydroxyl groups excluding tert-OH is 1. The van der Waals surface area contributed by atoms with Crippen molar-refractivity contribution in [2.75, 3.05) is 24.6 Å². The SMILES string of the molecule is Cc1nc(N2CCC(CO)CC2)c2c(C)cn(-c3c(C)cc(Br)cc3C)c2n1. The van der Waals surface area contributed by atoms with Crippen LogP contribution in [0.4, 0.5) is 5.82 Å². The number of hydrogen-bond acceptors (Lipinski definition) is 4.